The Bertz CT molecular complexity index is 1590. The van der Waals surface area contributed by atoms with Gasteiger partial charge in [0.15, 0.2) is 5.65 Å². The van der Waals surface area contributed by atoms with Gasteiger partial charge in [0.25, 0.3) is 0 Å². The lowest BCUT2D eigenvalue weighted by atomic mass is 10.2. The number of rotatable bonds is 6. The number of aromatic nitrogens is 4. The molecular formula is C23H18ClN5O3S. The zero-order valence-electron chi connectivity index (χ0n) is 17.4. The van der Waals surface area contributed by atoms with Crippen LogP contribution in [0.5, 0.6) is 5.75 Å². The van der Waals surface area contributed by atoms with Gasteiger partial charge in [-0.05, 0) is 48.0 Å². The van der Waals surface area contributed by atoms with Crippen molar-refractivity contribution in [2.75, 3.05) is 12.4 Å². The summed E-state index contributed by atoms with van der Waals surface area (Å²) >= 11 is 6.24. The van der Waals surface area contributed by atoms with Crippen molar-refractivity contribution >= 4 is 43.8 Å². The van der Waals surface area contributed by atoms with Gasteiger partial charge in [0.1, 0.15) is 11.6 Å². The smallest absolute Gasteiger partial charge is 0.229 e. The number of sulfone groups is 1. The zero-order valence-corrected chi connectivity index (χ0v) is 19.0. The molecule has 33 heavy (non-hydrogen) atoms. The number of nitrogens with zero attached hydrogens (tertiary/aromatic N) is 4. The summed E-state index contributed by atoms with van der Waals surface area (Å²) in [6, 6.07) is 20.9. The standard InChI is InChI=1S/C23H18ClN5O3S/c1-32-17-7-5-6-15(12-17)14-25-21-19-13-16(24)10-11-20(19)29-22(26-21)23(27-28-29)33(30,31)18-8-3-2-4-9-18/h2-13H,14H2,1H3,(H,25,26). The molecule has 0 saturated carbocycles. The monoisotopic (exact) mass is 479 g/mol. The van der Waals surface area contributed by atoms with Gasteiger partial charge in [-0.2, -0.15) is 4.52 Å². The minimum absolute atomic E-state index is 0.122. The lowest BCUT2D eigenvalue weighted by Crippen LogP contribution is -2.07. The van der Waals surface area contributed by atoms with E-state index in [1.54, 1.807) is 43.5 Å². The summed E-state index contributed by atoms with van der Waals surface area (Å²) < 4.78 is 33.2. The first-order valence-electron chi connectivity index (χ1n) is 9.99. The summed E-state index contributed by atoms with van der Waals surface area (Å²) in [5, 5.41) is 12.4. The normalized spacial score (nSPS) is 11.7. The molecular weight excluding hydrogens is 462 g/mol. The summed E-state index contributed by atoms with van der Waals surface area (Å²) in [5.41, 5.74) is 1.72. The van der Waals surface area contributed by atoms with Crippen molar-refractivity contribution in [3.05, 3.63) is 83.4 Å². The average Bonchev–Trinajstić information content (AvgIpc) is 3.28. The summed E-state index contributed by atoms with van der Waals surface area (Å²) in [4.78, 5) is 4.73. The van der Waals surface area contributed by atoms with Crippen molar-refractivity contribution in [2.45, 2.75) is 16.5 Å². The SMILES string of the molecule is COc1cccc(CNc2nc3c(S(=O)(=O)c4ccccc4)nnn3c3ccc(Cl)cc23)c1. The third-order valence-electron chi connectivity index (χ3n) is 5.18. The van der Waals surface area contributed by atoms with Crippen LogP contribution < -0.4 is 10.1 Å². The minimum Gasteiger partial charge on any atom is -0.497 e. The molecule has 2 aromatic heterocycles. The molecule has 10 heteroatoms. The molecule has 0 aliphatic rings. The van der Waals surface area contributed by atoms with Crippen LogP contribution in [0.1, 0.15) is 5.56 Å². The molecule has 0 radical (unpaired) electrons. The average molecular weight is 480 g/mol. The Balaban J connectivity index is 1.66. The third-order valence-corrected chi connectivity index (χ3v) is 7.08. The molecule has 0 bridgehead atoms. The van der Waals surface area contributed by atoms with Crippen LogP contribution in [0.2, 0.25) is 5.02 Å². The fraction of sp³-hybridized carbons (Fsp3) is 0.0870. The minimum atomic E-state index is -3.92. The van der Waals surface area contributed by atoms with Crippen LogP contribution in [0, 0.1) is 0 Å². The molecule has 0 atom stereocenters. The predicted molar refractivity (Wildman–Crippen MR) is 126 cm³/mol. The van der Waals surface area contributed by atoms with Crippen LogP contribution in [-0.2, 0) is 16.4 Å². The number of ether oxygens (including phenoxy) is 1. The van der Waals surface area contributed by atoms with Gasteiger partial charge in [0, 0.05) is 17.0 Å². The van der Waals surface area contributed by atoms with E-state index in [9.17, 15) is 8.42 Å². The number of benzene rings is 3. The Labute approximate surface area is 194 Å². The number of hydrogen-bond donors (Lipinski definition) is 1. The van der Waals surface area contributed by atoms with E-state index in [0.717, 1.165) is 11.3 Å². The summed E-state index contributed by atoms with van der Waals surface area (Å²) in [5.74, 6) is 1.21. The molecule has 0 spiro atoms. The molecule has 3 aromatic carbocycles. The van der Waals surface area contributed by atoms with E-state index < -0.39 is 9.84 Å². The van der Waals surface area contributed by atoms with Gasteiger partial charge in [-0.15, -0.1) is 5.10 Å². The van der Waals surface area contributed by atoms with E-state index >= 15 is 0 Å². The third kappa shape index (κ3) is 3.85. The molecule has 0 saturated heterocycles. The molecule has 0 amide bonds. The van der Waals surface area contributed by atoms with E-state index in [0.29, 0.717) is 28.3 Å². The largest absolute Gasteiger partial charge is 0.497 e. The predicted octanol–water partition coefficient (Wildman–Crippen LogP) is 4.38. The van der Waals surface area contributed by atoms with Crippen LogP contribution in [0.4, 0.5) is 5.82 Å². The number of anilines is 1. The zero-order chi connectivity index (χ0) is 23.0. The number of nitrogens with one attached hydrogen (secondary N) is 1. The fourth-order valence-electron chi connectivity index (χ4n) is 3.56. The number of halogens is 1. The first kappa shape index (κ1) is 21.2. The molecule has 5 rings (SSSR count). The van der Waals surface area contributed by atoms with Crippen LogP contribution in [0.3, 0.4) is 0 Å². The van der Waals surface area contributed by atoms with Crippen LogP contribution in [0.25, 0.3) is 16.6 Å². The van der Waals surface area contributed by atoms with Gasteiger partial charge >= 0.3 is 0 Å². The molecule has 1 N–H and O–H groups in total. The topological polar surface area (TPSA) is 98.5 Å². The molecule has 0 unspecified atom stereocenters. The van der Waals surface area contributed by atoms with Crippen LogP contribution >= 0.6 is 11.6 Å². The van der Waals surface area contributed by atoms with Crippen LogP contribution in [0.15, 0.2) is 82.7 Å². The maximum absolute atomic E-state index is 13.2. The van der Waals surface area contributed by atoms with E-state index in [4.69, 9.17) is 16.3 Å². The van der Waals surface area contributed by atoms with Gasteiger partial charge in [0.05, 0.1) is 17.5 Å². The maximum Gasteiger partial charge on any atom is 0.229 e. The Kier molecular flexibility index (Phi) is 5.35. The van der Waals surface area contributed by atoms with Gasteiger partial charge in [-0.25, -0.2) is 13.4 Å². The highest BCUT2D eigenvalue weighted by molar-refractivity contribution is 7.91. The van der Waals surface area contributed by atoms with Gasteiger partial charge in [-0.1, -0.05) is 47.1 Å². The van der Waals surface area contributed by atoms with E-state index in [1.807, 2.05) is 24.3 Å². The Morgan fingerprint density at radius 1 is 1.03 bits per heavy atom. The Morgan fingerprint density at radius 2 is 1.85 bits per heavy atom. The van der Waals surface area contributed by atoms with E-state index in [1.165, 1.54) is 16.6 Å². The Hall–Kier alpha value is -3.69. The van der Waals surface area contributed by atoms with Crippen molar-refractivity contribution in [1.29, 1.82) is 0 Å². The van der Waals surface area contributed by atoms with Crippen molar-refractivity contribution < 1.29 is 13.2 Å². The lowest BCUT2D eigenvalue weighted by molar-refractivity contribution is 0.414. The van der Waals surface area contributed by atoms with Crippen molar-refractivity contribution in [1.82, 2.24) is 19.8 Å². The maximum atomic E-state index is 13.2. The molecule has 0 aliphatic carbocycles. The molecule has 5 aromatic rings. The van der Waals surface area contributed by atoms with Crippen LogP contribution in [-0.4, -0.2) is 35.3 Å². The highest BCUT2D eigenvalue weighted by Gasteiger charge is 2.27. The Morgan fingerprint density at radius 3 is 2.64 bits per heavy atom. The number of methoxy groups -OCH3 is 1. The molecule has 8 nitrogen and oxygen atoms in total. The highest BCUT2D eigenvalue weighted by atomic mass is 35.5. The summed E-state index contributed by atoms with van der Waals surface area (Å²) in [7, 11) is -2.31. The van der Waals surface area contributed by atoms with Crippen molar-refractivity contribution in [2.24, 2.45) is 0 Å². The number of hydrogen-bond acceptors (Lipinski definition) is 7. The molecule has 2 heterocycles. The van der Waals surface area contributed by atoms with Gasteiger partial charge < -0.3 is 10.1 Å². The lowest BCUT2D eigenvalue weighted by Gasteiger charge is -2.11. The highest BCUT2D eigenvalue weighted by Crippen LogP contribution is 2.30. The number of fused-ring (bicyclic) bond motifs is 3. The van der Waals surface area contributed by atoms with Gasteiger partial charge in [0.2, 0.25) is 14.9 Å². The van der Waals surface area contributed by atoms with E-state index in [-0.39, 0.29) is 15.6 Å². The quantitative estimate of drug-likeness (QED) is 0.385. The summed E-state index contributed by atoms with van der Waals surface area (Å²) in [6.07, 6.45) is 0. The first-order valence-corrected chi connectivity index (χ1v) is 11.8. The second-order valence-electron chi connectivity index (χ2n) is 7.27. The van der Waals surface area contributed by atoms with Crippen molar-refractivity contribution in [3.63, 3.8) is 0 Å². The fourth-order valence-corrected chi connectivity index (χ4v) is 4.98. The molecule has 166 valence electrons. The molecule has 0 aliphatic heterocycles. The second kappa shape index (κ2) is 8.34. The summed E-state index contributed by atoms with van der Waals surface area (Å²) in [6.45, 7) is 0.435. The van der Waals surface area contributed by atoms with E-state index in [2.05, 4.69) is 20.6 Å². The first-order chi connectivity index (χ1) is 16.0. The van der Waals surface area contributed by atoms with Crippen molar-refractivity contribution in [3.8, 4) is 5.75 Å². The second-order valence-corrected chi connectivity index (χ2v) is 9.57. The molecule has 0 fully saturated rings. The van der Waals surface area contributed by atoms with Gasteiger partial charge in [-0.3, -0.25) is 0 Å².